The van der Waals surface area contributed by atoms with Gasteiger partial charge in [0.2, 0.25) is 5.91 Å². The average molecular weight is 320 g/mol. The molecule has 1 aliphatic heterocycles. The Kier molecular flexibility index (Phi) is 4.49. The van der Waals surface area contributed by atoms with Crippen molar-refractivity contribution in [2.75, 3.05) is 26.2 Å². The number of amides is 1. The smallest absolute Gasteiger partial charge is 0.247 e. The van der Waals surface area contributed by atoms with E-state index in [9.17, 15) is 4.79 Å². The van der Waals surface area contributed by atoms with Crippen LogP contribution in [-0.4, -0.2) is 61.6 Å². The highest BCUT2D eigenvalue weighted by atomic mass is 32.1. The van der Waals surface area contributed by atoms with E-state index in [2.05, 4.69) is 25.3 Å². The molecule has 2 aromatic heterocycles. The summed E-state index contributed by atoms with van der Waals surface area (Å²) in [6, 6.07) is -0.296. The molecule has 0 unspecified atom stereocenters. The fourth-order valence-electron chi connectivity index (χ4n) is 2.63. The maximum atomic E-state index is 12.5. The van der Waals surface area contributed by atoms with Crippen molar-refractivity contribution in [3.8, 4) is 0 Å². The lowest BCUT2D eigenvalue weighted by Crippen LogP contribution is -2.50. The van der Waals surface area contributed by atoms with Gasteiger partial charge in [-0.2, -0.15) is 5.10 Å². The van der Waals surface area contributed by atoms with Crippen molar-refractivity contribution in [1.29, 1.82) is 0 Å². The summed E-state index contributed by atoms with van der Waals surface area (Å²) in [7, 11) is 0. The minimum Gasteiger partial charge on any atom is -0.338 e. The van der Waals surface area contributed by atoms with Gasteiger partial charge in [0.15, 0.2) is 0 Å². The molecule has 22 heavy (non-hydrogen) atoms. The van der Waals surface area contributed by atoms with Crippen LogP contribution in [0.5, 0.6) is 0 Å². The Balaban J connectivity index is 1.52. The first-order valence-corrected chi connectivity index (χ1v) is 8.27. The van der Waals surface area contributed by atoms with Crippen LogP contribution in [0.2, 0.25) is 0 Å². The second kappa shape index (κ2) is 6.53. The molecule has 1 saturated heterocycles. The van der Waals surface area contributed by atoms with Crippen LogP contribution in [0, 0.1) is 6.92 Å². The highest BCUT2D eigenvalue weighted by Crippen LogP contribution is 2.14. The Labute approximate surface area is 133 Å². The summed E-state index contributed by atoms with van der Waals surface area (Å²) in [6.07, 6.45) is 3.04. The third kappa shape index (κ3) is 3.33. The van der Waals surface area contributed by atoms with E-state index >= 15 is 0 Å². The lowest BCUT2D eigenvalue weighted by Gasteiger charge is -2.35. The first-order valence-electron chi connectivity index (χ1n) is 7.40. The second-order valence-corrected chi connectivity index (χ2v) is 6.57. The quantitative estimate of drug-likeness (QED) is 0.839. The maximum Gasteiger partial charge on any atom is 0.247 e. The molecule has 1 fully saturated rings. The van der Waals surface area contributed by atoms with E-state index in [0.29, 0.717) is 0 Å². The Morgan fingerprint density at radius 2 is 2.14 bits per heavy atom. The van der Waals surface area contributed by atoms with Gasteiger partial charge in [0, 0.05) is 38.1 Å². The lowest BCUT2D eigenvalue weighted by molar-refractivity contribution is -0.136. The Morgan fingerprint density at radius 3 is 2.73 bits per heavy atom. The van der Waals surface area contributed by atoms with Crippen LogP contribution in [0.1, 0.15) is 23.7 Å². The summed E-state index contributed by atoms with van der Waals surface area (Å²) in [5.74, 6) is 0.106. The van der Waals surface area contributed by atoms with Gasteiger partial charge in [-0.3, -0.25) is 9.69 Å². The SMILES string of the molecule is Cc1nc(CN2CCN(C(=O)[C@@H](C)n3cncn3)CC2)cs1. The maximum absolute atomic E-state index is 12.5. The number of hydrogen-bond acceptors (Lipinski definition) is 6. The van der Waals surface area contributed by atoms with Crippen molar-refractivity contribution in [3.05, 3.63) is 28.7 Å². The molecular weight excluding hydrogens is 300 g/mol. The highest BCUT2D eigenvalue weighted by Gasteiger charge is 2.26. The molecule has 3 rings (SSSR count). The summed E-state index contributed by atoms with van der Waals surface area (Å²) in [6.45, 7) is 8.02. The number of hydrogen-bond donors (Lipinski definition) is 0. The van der Waals surface area contributed by atoms with Crippen LogP contribution < -0.4 is 0 Å². The Hall–Kier alpha value is -1.80. The van der Waals surface area contributed by atoms with Crippen molar-refractivity contribution in [3.63, 3.8) is 0 Å². The van der Waals surface area contributed by atoms with Crippen molar-refractivity contribution in [2.24, 2.45) is 0 Å². The number of nitrogens with zero attached hydrogens (tertiary/aromatic N) is 6. The highest BCUT2D eigenvalue weighted by molar-refractivity contribution is 7.09. The number of carbonyl (C=O) groups excluding carboxylic acids is 1. The molecule has 1 aliphatic rings. The zero-order valence-electron chi connectivity index (χ0n) is 12.8. The molecular formula is C14H20N6OS. The third-order valence-corrected chi connectivity index (χ3v) is 4.75. The van der Waals surface area contributed by atoms with E-state index < -0.39 is 0 Å². The van der Waals surface area contributed by atoms with Gasteiger partial charge < -0.3 is 4.90 Å². The molecule has 0 saturated carbocycles. The average Bonchev–Trinajstić information content (AvgIpc) is 3.18. The van der Waals surface area contributed by atoms with Gasteiger partial charge in [0.25, 0.3) is 0 Å². The van der Waals surface area contributed by atoms with Crippen LogP contribution in [0.25, 0.3) is 0 Å². The first kappa shape index (κ1) is 15.1. The predicted molar refractivity (Wildman–Crippen MR) is 83.4 cm³/mol. The summed E-state index contributed by atoms with van der Waals surface area (Å²) in [5.41, 5.74) is 1.12. The van der Waals surface area contributed by atoms with Crippen LogP contribution >= 0.6 is 11.3 Å². The predicted octanol–water partition coefficient (Wildman–Crippen LogP) is 0.948. The number of carbonyl (C=O) groups is 1. The van der Waals surface area contributed by atoms with Crippen LogP contribution in [-0.2, 0) is 11.3 Å². The standard InChI is InChI=1S/C14H20N6OS/c1-11(20-10-15-9-16-20)14(21)19-5-3-18(4-6-19)7-13-8-22-12(2)17-13/h8-11H,3-7H2,1-2H3/t11-/m1/s1. The molecule has 8 heteroatoms. The topological polar surface area (TPSA) is 67.2 Å². The van der Waals surface area contributed by atoms with Crippen LogP contribution in [0.4, 0.5) is 0 Å². The van der Waals surface area contributed by atoms with Gasteiger partial charge in [-0.05, 0) is 13.8 Å². The van der Waals surface area contributed by atoms with E-state index in [0.717, 1.165) is 43.4 Å². The van der Waals surface area contributed by atoms with E-state index in [4.69, 9.17) is 0 Å². The number of rotatable bonds is 4. The summed E-state index contributed by atoms with van der Waals surface area (Å²) < 4.78 is 1.60. The van der Waals surface area contributed by atoms with Crippen molar-refractivity contribution < 1.29 is 4.79 Å². The molecule has 0 bridgehead atoms. The van der Waals surface area contributed by atoms with E-state index in [1.165, 1.54) is 6.33 Å². The normalized spacial score (nSPS) is 17.6. The molecule has 0 aromatic carbocycles. The number of piperazine rings is 1. The Morgan fingerprint density at radius 1 is 1.36 bits per heavy atom. The largest absolute Gasteiger partial charge is 0.338 e. The van der Waals surface area contributed by atoms with Crippen LogP contribution in [0.3, 0.4) is 0 Å². The Bertz CT molecular complexity index is 617. The molecule has 0 radical (unpaired) electrons. The van der Waals surface area contributed by atoms with Crippen molar-refractivity contribution in [2.45, 2.75) is 26.4 Å². The second-order valence-electron chi connectivity index (χ2n) is 5.51. The van der Waals surface area contributed by atoms with Gasteiger partial charge in [0.1, 0.15) is 18.7 Å². The van der Waals surface area contributed by atoms with Crippen molar-refractivity contribution >= 4 is 17.2 Å². The van der Waals surface area contributed by atoms with E-state index in [-0.39, 0.29) is 11.9 Å². The minimum absolute atomic E-state index is 0.106. The molecule has 0 N–H and O–H groups in total. The lowest BCUT2D eigenvalue weighted by atomic mass is 10.2. The van der Waals surface area contributed by atoms with Gasteiger partial charge >= 0.3 is 0 Å². The van der Waals surface area contributed by atoms with Crippen LogP contribution in [0.15, 0.2) is 18.0 Å². The number of aryl methyl sites for hydroxylation is 1. The van der Waals surface area contributed by atoms with E-state index in [1.54, 1.807) is 22.3 Å². The van der Waals surface area contributed by atoms with Gasteiger partial charge in [-0.15, -0.1) is 11.3 Å². The fourth-order valence-corrected chi connectivity index (χ4v) is 3.23. The summed E-state index contributed by atoms with van der Waals surface area (Å²) in [5, 5.41) is 7.26. The summed E-state index contributed by atoms with van der Waals surface area (Å²) >= 11 is 1.68. The van der Waals surface area contributed by atoms with E-state index in [1.807, 2.05) is 18.7 Å². The number of thiazole rings is 1. The molecule has 2 aromatic rings. The molecule has 0 aliphatic carbocycles. The third-order valence-electron chi connectivity index (χ3n) is 3.93. The minimum atomic E-state index is -0.296. The zero-order valence-corrected chi connectivity index (χ0v) is 13.7. The zero-order chi connectivity index (χ0) is 15.5. The molecule has 118 valence electrons. The first-order chi connectivity index (χ1) is 10.6. The summed E-state index contributed by atoms with van der Waals surface area (Å²) in [4.78, 5) is 25.1. The van der Waals surface area contributed by atoms with Crippen molar-refractivity contribution in [1.82, 2.24) is 29.5 Å². The monoisotopic (exact) mass is 320 g/mol. The van der Waals surface area contributed by atoms with Gasteiger partial charge in [-0.25, -0.2) is 14.6 Å². The molecule has 1 amide bonds. The number of aromatic nitrogens is 4. The van der Waals surface area contributed by atoms with Gasteiger partial charge in [0.05, 0.1) is 10.7 Å². The fraction of sp³-hybridized carbons (Fsp3) is 0.571. The van der Waals surface area contributed by atoms with Gasteiger partial charge in [-0.1, -0.05) is 0 Å². The molecule has 0 spiro atoms. The molecule has 1 atom stereocenters. The molecule has 7 nitrogen and oxygen atoms in total. The molecule has 3 heterocycles.